The minimum absolute atomic E-state index is 0.0297. The number of aromatic nitrogens is 3. The van der Waals surface area contributed by atoms with Crippen LogP contribution in [0.2, 0.25) is 10.4 Å². The van der Waals surface area contributed by atoms with Crippen molar-refractivity contribution < 1.29 is 9.47 Å². The Bertz CT molecular complexity index is 519. The average molecular weight is 272 g/mol. The number of rotatable bonds is 3. The first-order valence-corrected chi connectivity index (χ1v) is 5.32. The van der Waals surface area contributed by atoms with E-state index in [0.717, 1.165) is 5.75 Å². The van der Waals surface area contributed by atoms with E-state index in [2.05, 4.69) is 15.2 Å². The molecular formula is C10H7Cl2N3O2. The minimum Gasteiger partial charge on any atom is -0.497 e. The second-order valence-corrected chi connectivity index (χ2v) is 3.65. The van der Waals surface area contributed by atoms with Crippen LogP contribution in [0.5, 0.6) is 17.4 Å². The maximum Gasteiger partial charge on any atom is 0.262 e. The molecule has 1 heterocycles. The Morgan fingerprint density at radius 1 is 1.00 bits per heavy atom. The van der Waals surface area contributed by atoms with Gasteiger partial charge in [-0.3, -0.25) is 0 Å². The molecule has 0 saturated carbocycles. The molecule has 0 aliphatic carbocycles. The van der Waals surface area contributed by atoms with E-state index in [0.29, 0.717) is 5.75 Å². The third-order valence-corrected chi connectivity index (χ3v) is 2.26. The van der Waals surface area contributed by atoms with Gasteiger partial charge in [0.2, 0.25) is 10.4 Å². The van der Waals surface area contributed by atoms with Crippen molar-refractivity contribution in [3.8, 4) is 17.4 Å². The van der Waals surface area contributed by atoms with E-state index in [1.54, 1.807) is 31.4 Å². The Hall–Kier alpha value is -1.59. The molecule has 2 aromatic rings. The zero-order valence-electron chi connectivity index (χ0n) is 8.72. The lowest BCUT2D eigenvalue weighted by Gasteiger charge is -2.06. The van der Waals surface area contributed by atoms with Crippen molar-refractivity contribution in [2.24, 2.45) is 0 Å². The van der Waals surface area contributed by atoms with Crippen molar-refractivity contribution in [3.05, 3.63) is 34.7 Å². The van der Waals surface area contributed by atoms with E-state index in [9.17, 15) is 0 Å². The van der Waals surface area contributed by atoms with Gasteiger partial charge in [0, 0.05) is 0 Å². The molecule has 7 heteroatoms. The van der Waals surface area contributed by atoms with Crippen LogP contribution in [0.3, 0.4) is 0 Å². The summed E-state index contributed by atoms with van der Waals surface area (Å²) in [5.74, 6) is 1.38. The third kappa shape index (κ3) is 2.95. The van der Waals surface area contributed by atoms with Crippen LogP contribution in [0.25, 0.3) is 0 Å². The van der Waals surface area contributed by atoms with Crippen LogP contribution in [0.4, 0.5) is 0 Å². The Morgan fingerprint density at radius 2 is 1.65 bits per heavy atom. The number of methoxy groups -OCH3 is 1. The molecule has 0 spiro atoms. The highest BCUT2D eigenvalue weighted by Gasteiger charge is 2.08. The van der Waals surface area contributed by atoms with Crippen molar-refractivity contribution in [2.45, 2.75) is 0 Å². The fourth-order valence-electron chi connectivity index (χ4n) is 1.10. The fraction of sp³-hybridized carbons (Fsp3) is 0.100. The largest absolute Gasteiger partial charge is 0.497 e. The normalized spacial score (nSPS) is 10.1. The molecule has 0 radical (unpaired) electrons. The molecule has 0 aliphatic rings. The molecule has 88 valence electrons. The summed E-state index contributed by atoms with van der Waals surface area (Å²) in [6.45, 7) is 0. The Kier molecular flexibility index (Phi) is 3.61. The zero-order valence-corrected chi connectivity index (χ0v) is 10.2. The number of hydrogen-bond donors (Lipinski definition) is 0. The molecule has 5 nitrogen and oxygen atoms in total. The summed E-state index contributed by atoms with van der Waals surface area (Å²) in [6, 6.07) is 6.93. The summed E-state index contributed by atoms with van der Waals surface area (Å²) in [6.07, 6.45) is 0. The van der Waals surface area contributed by atoms with E-state index in [1.165, 1.54) is 0 Å². The number of nitrogens with zero attached hydrogens (tertiary/aromatic N) is 3. The summed E-state index contributed by atoms with van der Waals surface area (Å²) in [7, 11) is 1.58. The number of hydrogen-bond acceptors (Lipinski definition) is 5. The molecular weight excluding hydrogens is 265 g/mol. The summed E-state index contributed by atoms with van der Waals surface area (Å²) in [5.41, 5.74) is 0. The molecule has 0 bridgehead atoms. The zero-order chi connectivity index (χ0) is 12.3. The van der Waals surface area contributed by atoms with Crippen LogP contribution in [-0.2, 0) is 0 Å². The van der Waals surface area contributed by atoms with Gasteiger partial charge in [0.25, 0.3) is 5.88 Å². The molecule has 0 N–H and O–H groups in total. The number of benzene rings is 1. The molecule has 0 fully saturated rings. The van der Waals surface area contributed by atoms with E-state index >= 15 is 0 Å². The van der Waals surface area contributed by atoms with Crippen molar-refractivity contribution >= 4 is 23.2 Å². The van der Waals surface area contributed by atoms with Gasteiger partial charge in [-0.25, -0.2) is 0 Å². The van der Waals surface area contributed by atoms with Crippen molar-refractivity contribution in [1.82, 2.24) is 15.2 Å². The standard InChI is InChI=1S/C10H7Cl2N3O2/c1-16-6-2-4-7(5-3-6)17-9-8(11)14-15-10(12)13-9/h2-5H,1H3. The second kappa shape index (κ2) is 5.16. The molecule has 2 rings (SSSR count). The maximum absolute atomic E-state index is 5.76. The summed E-state index contributed by atoms with van der Waals surface area (Å²) < 4.78 is 10.4. The fourth-order valence-corrected chi connectivity index (χ4v) is 1.33. The third-order valence-electron chi connectivity index (χ3n) is 1.86. The van der Waals surface area contributed by atoms with Gasteiger partial charge in [-0.15, -0.1) is 10.2 Å². The monoisotopic (exact) mass is 271 g/mol. The highest BCUT2D eigenvalue weighted by Crippen LogP contribution is 2.26. The first kappa shape index (κ1) is 11.9. The van der Waals surface area contributed by atoms with Crippen molar-refractivity contribution in [3.63, 3.8) is 0 Å². The van der Waals surface area contributed by atoms with Gasteiger partial charge in [0.15, 0.2) is 0 Å². The van der Waals surface area contributed by atoms with Crippen molar-refractivity contribution in [2.75, 3.05) is 7.11 Å². The van der Waals surface area contributed by atoms with Crippen LogP contribution in [0.1, 0.15) is 0 Å². The highest BCUT2D eigenvalue weighted by atomic mass is 35.5. The first-order valence-electron chi connectivity index (χ1n) is 4.56. The van der Waals surface area contributed by atoms with E-state index in [1.807, 2.05) is 0 Å². The second-order valence-electron chi connectivity index (χ2n) is 2.95. The molecule has 0 saturated heterocycles. The smallest absolute Gasteiger partial charge is 0.262 e. The Balaban J connectivity index is 2.22. The highest BCUT2D eigenvalue weighted by molar-refractivity contribution is 6.31. The van der Waals surface area contributed by atoms with Crippen LogP contribution in [0, 0.1) is 0 Å². The first-order chi connectivity index (χ1) is 8.19. The van der Waals surface area contributed by atoms with Gasteiger partial charge < -0.3 is 9.47 Å². The lowest BCUT2D eigenvalue weighted by atomic mass is 10.3. The topological polar surface area (TPSA) is 57.1 Å². The van der Waals surface area contributed by atoms with Crippen molar-refractivity contribution in [1.29, 1.82) is 0 Å². The molecule has 1 aromatic carbocycles. The molecule has 0 amide bonds. The van der Waals surface area contributed by atoms with Gasteiger partial charge in [-0.1, -0.05) is 11.6 Å². The Labute approximate surface area is 107 Å². The SMILES string of the molecule is COc1ccc(Oc2nc(Cl)nnc2Cl)cc1. The molecule has 17 heavy (non-hydrogen) atoms. The summed E-state index contributed by atoms with van der Waals surface area (Å²) >= 11 is 11.3. The van der Waals surface area contributed by atoms with Gasteiger partial charge in [-0.2, -0.15) is 4.98 Å². The molecule has 0 unspecified atom stereocenters. The van der Waals surface area contributed by atoms with Crippen LogP contribution in [-0.4, -0.2) is 22.3 Å². The van der Waals surface area contributed by atoms with Crippen LogP contribution >= 0.6 is 23.2 Å². The van der Waals surface area contributed by atoms with Gasteiger partial charge >= 0.3 is 0 Å². The summed E-state index contributed by atoms with van der Waals surface area (Å²) in [4.78, 5) is 3.82. The summed E-state index contributed by atoms with van der Waals surface area (Å²) in [5, 5.41) is 7.08. The quantitative estimate of drug-likeness (QED) is 0.859. The number of ether oxygens (including phenoxy) is 2. The molecule has 0 aliphatic heterocycles. The van der Waals surface area contributed by atoms with Gasteiger partial charge in [-0.05, 0) is 35.9 Å². The lowest BCUT2D eigenvalue weighted by molar-refractivity contribution is 0.412. The predicted molar refractivity (Wildman–Crippen MR) is 62.9 cm³/mol. The predicted octanol–water partition coefficient (Wildman–Crippen LogP) is 2.98. The molecule has 1 aromatic heterocycles. The van der Waals surface area contributed by atoms with E-state index < -0.39 is 0 Å². The average Bonchev–Trinajstić information content (AvgIpc) is 2.35. The van der Waals surface area contributed by atoms with Gasteiger partial charge in [0.05, 0.1) is 7.11 Å². The maximum atomic E-state index is 5.76. The van der Waals surface area contributed by atoms with E-state index in [-0.39, 0.29) is 16.3 Å². The molecule has 0 atom stereocenters. The van der Waals surface area contributed by atoms with Crippen LogP contribution in [0.15, 0.2) is 24.3 Å². The minimum atomic E-state index is -0.0297. The number of halogens is 2. The Morgan fingerprint density at radius 3 is 2.29 bits per heavy atom. The van der Waals surface area contributed by atoms with Gasteiger partial charge in [0.1, 0.15) is 11.5 Å². The lowest BCUT2D eigenvalue weighted by Crippen LogP contribution is -1.94. The van der Waals surface area contributed by atoms with E-state index in [4.69, 9.17) is 32.7 Å². The van der Waals surface area contributed by atoms with Crippen LogP contribution < -0.4 is 9.47 Å².